The van der Waals surface area contributed by atoms with E-state index in [4.69, 9.17) is 26.7 Å². The lowest BCUT2D eigenvalue weighted by atomic mass is 9.98. The summed E-state index contributed by atoms with van der Waals surface area (Å²) in [5, 5.41) is 0. The SMILES string of the molecule is COc1cc2c(cc1OC)CN(CCc1ccc(N=C(N)N=C(N)N)cc1)CC2. The highest BCUT2D eigenvalue weighted by Gasteiger charge is 2.19. The molecule has 0 amide bonds. The Morgan fingerprint density at radius 2 is 1.66 bits per heavy atom. The van der Waals surface area contributed by atoms with E-state index in [-0.39, 0.29) is 11.9 Å². The summed E-state index contributed by atoms with van der Waals surface area (Å²) in [6.07, 6.45) is 1.96. The van der Waals surface area contributed by atoms with Crippen LogP contribution in [0.1, 0.15) is 16.7 Å². The molecule has 0 fully saturated rings. The summed E-state index contributed by atoms with van der Waals surface area (Å²) in [6, 6.07) is 12.1. The van der Waals surface area contributed by atoms with E-state index in [0.717, 1.165) is 44.0 Å². The molecule has 0 atom stereocenters. The number of nitrogens with zero attached hydrogens (tertiary/aromatic N) is 3. The molecule has 0 saturated carbocycles. The van der Waals surface area contributed by atoms with E-state index in [1.165, 1.54) is 16.7 Å². The van der Waals surface area contributed by atoms with Crippen LogP contribution in [-0.2, 0) is 19.4 Å². The smallest absolute Gasteiger partial charge is 0.223 e. The number of methoxy groups -OCH3 is 2. The van der Waals surface area contributed by atoms with Gasteiger partial charge in [-0.25, -0.2) is 4.99 Å². The summed E-state index contributed by atoms with van der Waals surface area (Å²) in [5.41, 5.74) is 20.8. The van der Waals surface area contributed by atoms with Gasteiger partial charge in [-0.2, -0.15) is 4.99 Å². The lowest BCUT2D eigenvalue weighted by molar-refractivity contribution is 0.255. The third-order valence-corrected chi connectivity index (χ3v) is 4.94. The topological polar surface area (TPSA) is 124 Å². The van der Waals surface area contributed by atoms with Gasteiger partial charge in [0.15, 0.2) is 17.5 Å². The van der Waals surface area contributed by atoms with Gasteiger partial charge in [-0.3, -0.25) is 4.90 Å². The molecular formula is C21H28N6O2. The molecule has 29 heavy (non-hydrogen) atoms. The van der Waals surface area contributed by atoms with Gasteiger partial charge in [-0.05, 0) is 53.8 Å². The Bertz CT molecular complexity index is 904. The first-order valence-electron chi connectivity index (χ1n) is 9.47. The van der Waals surface area contributed by atoms with Crippen LogP contribution in [-0.4, -0.2) is 44.1 Å². The number of aliphatic imine (C=N–C) groups is 2. The molecule has 0 radical (unpaired) electrons. The fourth-order valence-corrected chi connectivity index (χ4v) is 3.45. The molecule has 8 heteroatoms. The maximum atomic E-state index is 5.66. The molecule has 0 bridgehead atoms. The summed E-state index contributed by atoms with van der Waals surface area (Å²) in [5.74, 6) is 1.51. The molecule has 8 nitrogen and oxygen atoms in total. The molecule has 0 aromatic heterocycles. The van der Waals surface area contributed by atoms with Crippen LogP contribution in [0.15, 0.2) is 46.4 Å². The van der Waals surface area contributed by atoms with E-state index >= 15 is 0 Å². The molecule has 0 saturated heterocycles. The minimum atomic E-state index is -0.109. The van der Waals surface area contributed by atoms with Crippen LogP contribution in [0, 0.1) is 0 Å². The Morgan fingerprint density at radius 1 is 1.00 bits per heavy atom. The Morgan fingerprint density at radius 3 is 2.28 bits per heavy atom. The number of guanidine groups is 2. The van der Waals surface area contributed by atoms with E-state index in [9.17, 15) is 0 Å². The third-order valence-electron chi connectivity index (χ3n) is 4.94. The van der Waals surface area contributed by atoms with Gasteiger partial charge < -0.3 is 26.7 Å². The van der Waals surface area contributed by atoms with E-state index in [1.807, 2.05) is 24.3 Å². The van der Waals surface area contributed by atoms with Gasteiger partial charge in [0.1, 0.15) is 0 Å². The van der Waals surface area contributed by atoms with Crippen molar-refractivity contribution in [1.29, 1.82) is 0 Å². The Labute approximate surface area is 171 Å². The zero-order chi connectivity index (χ0) is 20.8. The van der Waals surface area contributed by atoms with Crippen LogP contribution in [0.3, 0.4) is 0 Å². The maximum absolute atomic E-state index is 5.66. The van der Waals surface area contributed by atoms with Crippen LogP contribution in [0.4, 0.5) is 5.69 Å². The van der Waals surface area contributed by atoms with Crippen molar-refractivity contribution in [3.63, 3.8) is 0 Å². The van der Waals surface area contributed by atoms with Crippen molar-refractivity contribution in [2.45, 2.75) is 19.4 Å². The molecule has 0 unspecified atom stereocenters. The van der Waals surface area contributed by atoms with Gasteiger partial charge in [0.2, 0.25) is 5.96 Å². The maximum Gasteiger partial charge on any atom is 0.223 e. The van der Waals surface area contributed by atoms with E-state index < -0.39 is 0 Å². The number of fused-ring (bicyclic) bond motifs is 1. The van der Waals surface area contributed by atoms with Crippen LogP contribution in [0.2, 0.25) is 0 Å². The molecule has 6 N–H and O–H groups in total. The molecule has 1 heterocycles. The van der Waals surface area contributed by atoms with Crippen molar-refractivity contribution < 1.29 is 9.47 Å². The highest BCUT2D eigenvalue weighted by molar-refractivity contribution is 5.93. The monoisotopic (exact) mass is 396 g/mol. The standard InChI is InChI=1S/C21H28N6O2/c1-28-18-11-15-8-10-27(13-16(15)12-19(18)29-2)9-7-14-3-5-17(6-4-14)25-21(24)26-20(22)23/h3-6,11-12H,7-10,13H2,1-2H3,(H6,22,23,24,25,26). The third kappa shape index (κ3) is 5.39. The van der Waals surface area contributed by atoms with Crippen LogP contribution < -0.4 is 26.7 Å². The predicted octanol–water partition coefficient (Wildman–Crippen LogP) is 1.52. The minimum Gasteiger partial charge on any atom is -0.493 e. The zero-order valence-corrected chi connectivity index (χ0v) is 16.9. The van der Waals surface area contributed by atoms with Crippen LogP contribution in [0.25, 0.3) is 0 Å². The van der Waals surface area contributed by atoms with Crippen LogP contribution >= 0.6 is 0 Å². The molecule has 0 spiro atoms. The number of benzene rings is 2. The summed E-state index contributed by atoms with van der Waals surface area (Å²) >= 11 is 0. The second-order valence-corrected chi connectivity index (χ2v) is 6.93. The van der Waals surface area contributed by atoms with Gasteiger partial charge in [-0.1, -0.05) is 12.1 Å². The largest absolute Gasteiger partial charge is 0.493 e. The molecule has 0 aliphatic carbocycles. The summed E-state index contributed by atoms with van der Waals surface area (Å²) in [4.78, 5) is 10.3. The lowest BCUT2D eigenvalue weighted by Gasteiger charge is -2.29. The summed E-state index contributed by atoms with van der Waals surface area (Å²) in [6.45, 7) is 2.92. The number of rotatable bonds is 6. The first-order chi connectivity index (χ1) is 14.0. The van der Waals surface area contributed by atoms with Crippen molar-refractivity contribution in [3.8, 4) is 11.5 Å². The molecule has 1 aliphatic heterocycles. The molecule has 154 valence electrons. The van der Waals surface area contributed by atoms with Gasteiger partial charge in [0, 0.05) is 19.6 Å². The first kappa shape index (κ1) is 20.5. The fraction of sp³-hybridized carbons (Fsp3) is 0.333. The number of hydrogen-bond acceptors (Lipinski definition) is 4. The molecular weight excluding hydrogens is 368 g/mol. The van der Waals surface area contributed by atoms with Gasteiger partial charge in [0.25, 0.3) is 0 Å². The second kappa shape index (κ2) is 9.29. The number of nitrogens with two attached hydrogens (primary N) is 3. The molecule has 1 aliphatic rings. The number of hydrogen-bond donors (Lipinski definition) is 3. The average Bonchev–Trinajstić information content (AvgIpc) is 2.71. The highest BCUT2D eigenvalue weighted by atomic mass is 16.5. The van der Waals surface area contributed by atoms with Crippen molar-refractivity contribution in [2.24, 2.45) is 27.2 Å². The van der Waals surface area contributed by atoms with Crippen molar-refractivity contribution in [1.82, 2.24) is 4.90 Å². The van der Waals surface area contributed by atoms with Gasteiger partial charge in [0.05, 0.1) is 19.9 Å². The summed E-state index contributed by atoms with van der Waals surface area (Å²) < 4.78 is 10.9. The van der Waals surface area contributed by atoms with Crippen molar-refractivity contribution in [2.75, 3.05) is 27.3 Å². The Kier molecular flexibility index (Phi) is 6.56. The predicted molar refractivity (Wildman–Crippen MR) is 116 cm³/mol. The lowest BCUT2D eigenvalue weighted by Crippen LogP contribution is -2.32. The molecule has 2 aromatic carbocycles. The van der Waals surface area contributed by atoms with E-state index in [0.29, 0.717) is 5.69 Å². The quantitative estimate of drug-likeness (QED) is 0.502. The Hall–Kier alpha value is -3.26. The van der Waals surface area contributed by atoms with Crippen molar-refractivity contribution >= 4 is 17.6 Å². The van der Waals surface area contributed by atoms with Crippen LogP contribution in [0.5, 0.6) is 11.5 Å². The summed E-state index contributed by atoms with van der Waals surface area (Å²) in [7, 11) is 3.34. The normalized spacial score (nSPS) is 14.2. The molecule has 3 rings (SSSR count). The average molecular weight is 396 g/mol. The molecule has 2 aromatic rings. The number of ether oxygens (including phenoxy) is 2. The first-order valence-corrected chi connectivity index (χ1v) is 9.47. The minimum absolute atomic E-state index is 0.0387. The van der Waals surface area contributed by atoms with E-state index in [1.54, 1.807) is 14.2 Å². The zero-order valence-electron chi connectivity index (χ0n) is 16.9. The Balaban J connectivity index is 1.59. The van der Waals surface area contributed by atoms with E-state index in [2.05, 4.69) is 27.0 Å². The second-order valence-electron chi connectivity index (χ2n) is 6.93. The van der Waals surface area contributed by atoms with Gasteiger partial charge >= 0.3 is 0 Å². The van der Waals surface area contributed by atoms with Gasteiger partial charge in [-0.15, -0.1) is 0 Å². The fourth-order valence-electron chi connectivity index (χ4n) is 3.45. The highest BCUT2D eigenvalue weighted by Crippen LogP contribution is 2.33. The van der Waals surface area contributed by atoms with Crippen molar-refractivity contribution in [3.05, 3.63) is 53.1 Å².